The number of fused-ring (bicyclic) bond motifs is 5. The van der Waals surface area contributed by atoms with Crippen molar-refractivity contribution >= 4 is 11.8 Å². The Labute approximate surface area is 264 Å². The summed E-state index contributed by atoms with van der Waals surface area (Å²) in [5.74, 6) is 0.591. The van der Waals surface area contributed by atoms with E-state index in [4.69, 9.17) is 14.2 Å². The summed E-state index contributed by atoms with van der Waals surface area (Å²) in [6.45, 7) is 5.31. The van der Waals surface area contributed by atoms with E-state index in [1.54, 1.807) is 0 Å². The van der Waals surface area contributed by atoms with Gasteiger partial charge in [-0.15, -0.1) is 0 Å². The van der Waals surface area contributed by atoms with Crippen LogP contribution in [0.15, 0.2) is 22.8 Å². The number of rotatable bonds is 7. The Morgan fingerprint density at radius 2 is 1.76 bits per heavy atom. The fourth-order valence-electron chi connectivity index (χ4n) is 10.6. The molecular formula is C34H50O11. The lowest BCUT2D eigenvalue weighted by Gasteiger charge is -2.58. The van der Waals surface area contributed by atoms with Gasteiger partial charge in [0.1, 0.15) is 36.3 Å². The van der Waals surface area contributed by atoms with Crippen molar-refractivity contribution in [3.63, 3.8) is 0 Å². The van der Waals surface area contributed by atoms with Crippen LogP contribution < -0.4 is 0 Å². The monoisotopic (exact) mass is 634 g/mol. The quantitative estimate of drug-likeness (QED) is 0.175. The van der Waals surface area contributed by atoms with Gasteiger partial charge >= 0.3 is 5.97 Å². The molecule has 14 atom stereocenters. The minimum Gasteiger partial charge on any atom is -0.458 e. The summed E-state index contributed by atoms with van der Waals surface area (Å²) in [7, 11) is 0. The zero-order valence-electron chi connectivity index (χ0n) is 26.5. The van der Waals surface area contributed by atoms with Crippen molar-refractivity contribution in [2.24, 2.45) is 40.4 Å². The second-order valence-electron chi connectivity index (χ2n) is 14.9. The fourth-order valence-corrected chi connectivity index (χ4v) is 10.6. The molecule has 6 rings (SSSR count). The molecule has 0 bridgehead atoms. The van der Waals surface area contributed by atoms with E-state index in [9.17, 15) is 40.2 Å². The average molecular weight is 635 g/mol. The van der Waals surface area contributed by atoms with Crippen LogP contribution in [-0.4, -0.2) is 105 Å². The van der Waals surface area contributed by atoms with Gasteiger partial charge in [-0.3, -0.25) is 4.79 Å². The standard InChI is InChI=1S/C34H50O11/c1-16-10-25(44-31(42)21(16)13-35)17(2)22-6-7-23-20-5-4-18-11-19(43-32-30(41)29(40)28(39)26(14-36)45-32)12-27(38)34(18,15-37)24(20)8-9-33(22,23)3/h4,17,19-20,22-26,28-30,32,35-37,39-41H,5-15H2,1-3H3/t17-,19+,20-,22+,23-,24-,25+,26+,28+,29-,30+,32+,33+,34-/m0/s1. The molecule has 0 radical (unpaired) electrons. The molecule has 6 aliphatic rings. The van der Waals surface area contributed by atoms with Gasteiger partial charge in [0.25, 0.3) is 0 Å². The van der Waals surface area contributed by atoms with Gasteiger partial charge < -0.3 is 44.8 Å². The molecular weight excluding hydrogens is 584 g/mol. The minimum absolute atomic E-state index is 0.000129. The summed E-state index contributed by atoms with van der Waals surface area (Å²) in [6.07, 6.45) is -0.197. The highest BCUT2D eigenvalue weighted by Gasteiger charge is 2.63. The number of hydrogen-bond acceptors (Lipinski definition) is 11. The minimum atomic E-state index is -1.57. The number of Topliss-reactive ketones (excluding diaryl/α,β-unsaturated/α-hetero) is 1. The predicted molar refractivity (Wildman–Crippen MR) is 159 cm³/mol. The summed E-state index contributed by atoms with van der Waals surface area (Å²) >= 11 is 0. The Bertz CT molecular complexity index is 1230. The Hall–Kier alpha value is -1.70. The summed E-state index contributed by atoms with van der Waals surface area (Å²) in [5, 5.41) is 60.9. The van der Waals surface area contributed by atoms with Gasteiger partial charge in [0, 0.05) is 12.8 Å². The largest absolute Gasteiger partial charge is 0.458 e. The van der Waals surface area contributed by atoms with Gasteiger partial charge in [-0.05, 0) is 80.5 Å². The zero-order chi connectivity index (χ0) is 32.4. The van der Waals surface area contributed by atoms with E-state index in [0.717, 1.165) is 43.3 Å². The van der Waals surface area contributed by atoms with E-state index in [0.29, 0.717) is 30.3 Å². The number of ether oxygens (including phenoxy) is 3. The van der Waals surface area contributed by atoms with E-state index < -0.39 is 54.8 Å². The van der Waals surface area contributed by atoms with Crippen LogP contribution in [0.4, 0.5) is 0 Å². The number of carbonyl (C=O) groups is 2. The summed E-state index contributed by atoms with van der Waals surface area (Å²) in [6, 6.07) is 0. The first-order valence-electron chi connectivity index (χ1n) is 16.7. The third-order valence-electron chi connectivity index (χ3n) is 13.0. The highest BCUT2D eigenvalue weighted by molar-refractivity contribution is 5.91. The molecule has 2 heterocycles. The molecule has 6 N–H and O–H groups in total. The average Bonchev–Trinajstić information content (AvgIpc) is 3.37. The number of ketones is 1. The molecule has 252 valence electrons. The lowest BCUT2D eigenvalue weighted by molar-refractivity contribution is -0.312. The molecule has 45 heavy (non-hydrogen) atoms. The van der Waals surface area contributed by atoms with Crippen molar-refractivity contribution in [1.29, 1.82) is 0 Å². The molecule has 11 heteroatoms. The maximum atomic E-state index is 14.1. The first-order chi connectivity index (χ1) is 21.4. The van der Waals surface area contributed by atoms with Gasteiger partial charge in [0.15, 0.2) is 6.29 Å². The van der Waals surface area contributed by atoms with Crippen molar-refractivity contribution in [2.45, 2.75) is 115 Å². The Balaban J connectivity index is 1.19. The lowest BCUT2D eigenvalue weighted by atomic mass is 9.46. The van der Waals surface area contributed by atoms with Crippen LogP contribution in [-0.2, 0) is 23.8 Å². The topological polar surface area (TPSA) is 183 Å². The van der Waals surface area contributed by atoms with Crippen LogP contribution in [0.2, 0.25) is 0 Å². The third-order valence-corrected chi connectivity index (χ3v) is 13.0. The van der Waals surface area contributed by atoms with Crippen LogP contribution in [0.25, 0.3) is 0 Å². The molecule has 2 aliphatic heterocycles. The van der Waals surface area contributed by atoms with E-state index in [1.807, 2.05) is 6.92 Å². The number of cyclic esters (lactones) is 1. The van der Waals surface area contributed by atoms with E-state index in [-0.39, 0.29) is 54.7 Å². The lowest BCUT2D eigenvalue weighted by Crippen LogP contribution is -2.61. The molecule has 4 fully saturated rings. The molecule has 0 unspecified atom stereocenters. The van der Waals surface area contributed by atoms with E-state index >= 15 is 0 Å². The maximum absolute atomic E-state index is 14.1. The smallest absolute Gasteiger partial charge is 0.336 e. The summed E-state index contributed by atoms with van der Waals surface area (Å²) in [4.78, 5) is 26.7. The molecule has 0 aromatic carbocycles. The molecule has 11 nitrogen and oxygen atoms in total. The number of aliphatic hydroxyl groups excluding tert-OH is 6. The van der Waals surface area contributed by atoms with Crippen molar-refractivity contribution in [1.82, 2.24) is 0 Å². The zero-order valence-corrected chi connectivity index (χ0v) is 26.5. The molecule has 0 spiro atoms. The number of carbonyl (C=O) groups excluding carboxylic acids is 2. The summed E-state index contributed by atoms with van der Waals surface area (Å²) < 4.78 is 17.4. The molecule has 0 aromatic heterocycles. The molecule has 0 aromatic rings. The highest BCUT2D eigenvalue weighted by atomic mass is 16.7. The molecule has 0 amide bonds. The van der Waals surface area contributed by atoms with Gasteiger partial charge in [-0.2, -0.15) is 0 Å². The van der Waals surface area contributed by atoms with Crippen LogP contribution in [0.5, 0.6) is 0 Å². The normalized spacial score (nSPS) is 47.4. The van der Waals surface area contributed by atoms with E-state index in [1.165, 1.54) is 0 Å². The van der Waals surface area contributed by atoms with Gasteiger partial charge in [0.2, 0.25) is 0 Å². The van der Waals surface area contributed by atoms with Gasteiger partial charge in [-0.1, -0.05) is 31.1 Å². The SMILES string of the molecule is CC1=C(CO)C(=O)O[C@@H]([C@@H](C)[C@H]2CC[C@H]3[C@@H]4CC=C5C[C@@H](O[C@@H]6O[C@H](CO)[C@@H](O)[C@H](O)[C@H]6O)CC(=O)[C@]5(CO)[C@H]4CC[C@]23C)C1. The van der Waals surface area contributed by atoms with Crippen molar-refractivity contribution in [3.8, 4) is 0 Å². The Morgan fingerprint density at radius 3 is 2.42 bits per heavy atom. The van der Waals surface area contributed by atoms with Crippen LogP contribution in [0.3, 0.4) is 0 Å². The van der Waals surface area contributed by atoms with Crippen molar-refractivity contribution in [3.05, 3.63) is 22.8 Å². The Kier molecular flexibility index (Phi) is 9.15. The van der Waals surface area contributed by atoms with Gasteiger partial charge in [-0.25, -0.2) is 4.79 Å². The maximum Gasteiger partial charge on any atom is 0.336 e. The van der Waals surface area contributed by atoms with Crippen molar-refractivity contribution < 1.29 is 54.4 Å². The Morgan fingerprint density at radius 1 is 1.00 bits per heavy atom. The van der Waals surface area contributed by atoms with Crippen LogP contribution in [0.1, 0.15) is 72.1 Å². The molecule has 1 saturated heterocycles. The van der Waals surface area contributed by atoms with Crippen LogP contribution >= 0.6 is 0 Å². The number of hydrogen-bond donors (Lipinski definition) is 6. The third kappa shape index (κ3) is 5.17. The summed E-state index contributed by atoms with van der Waals surface area (Å²) in [5.41, 5.74) is 1.15. The number of allylic oxidation sites excluding steroid dienone is 1. The fraction of sp³-hybridized carbons (Fsp3) is 0.824. The van der Waals surface area contributed by atoms with Gasteiger partial charge in [0.05, 0.1) is 36.9 Å². The second kappa shape index (κ2) is 12.4. The number of aliphatic hydroxyl groups is 6. The predicted octanol–water partition coefficient (Wildman–Crippen LogP) is 1.16. The molecule has 4 aliphatic carbocycles. The highest BCUT2D eigenvalue weighted by Crippen LogP contribution is 2.67. The second-order valence-corrected chi connectivity index (χ2v) is 14.9. The van der Waals surface area contributed by atoms with E-state index in [2.05, 4.69) is 19.9 Å². The first-order valence-corrected chi connectivity index (χ1v) is 16.7. The molecule has 3 saturated carbocycles. The van der Waals surface area contributed by atoms with Crippen molar-refractivity contribution in [2.75, 3.05) is 19.8 Å². The van der Waals surface area contributed by atoms with Crippen LogP contribution in [0, 0.1) is 40.4 Å². The first kappa shape index (κ1) is 33.2. The number of esters is 1.